The fraction of sp³-hybridized carbons (Fsp3) is 0.476. The second kappa shape index (κ2) is 12.9. The second-order valence-electron chi connectivity index (χ2n) is 7.28. The Labute approximate surface area is 190 Å². The average Bonchev–Trinajstić information content (AvgIpc) is 3.13. The Bertz CT molecular complexity index is 854. The summed E-state index contributed by atoms with van der Waals surface area (Å²) in [6, 6.07) is 12.7. The molecule has 0 spiro atoms. The number of hydrogen-bond donors (Lipinski definition) is 1. The molecule has 1 aromatic heterocycles. The highest BCUT2D eigenvalue weighted by Crippen LogP contribution is 2.18. The number of ether oxygens (including phenoxy) is 1. The number of benzene rings is 1. The molecule has 1 heterocycles. The standard InChI is InChI=1S/C21H30N2O4S2.ClH/c1-17(2)23(13-11-21(24)22-29(3,25)26)12-5-14-27-19-9-7-18(8-10-19)16-20-6-4-15-28-20;/h4,6-10,15,17H,5,11-14,16H2,1-3H3,(H,22,24);1H. The van der Waals surface area contributed by atoms with Crippen molar-refractivity contribution in [3.05, 3.63) is 52.2 Å². The maximum absolute atomic E-state index is 11.7. The zero-order valence-corrected chi connectivity index (χ0v) is 20.1. The number of nitrogens with zero attached hydrogens (tertiary/aromatic N) is 1. The quantitative estimate of drug-likeness (QED) is 0.474. The van der Waals surface area contributed by atoms with Gasteiger partial charge in [0.05, 0.1) is 12.9 Å². The molecule has 168 valence electrons. The molecular weight excluding hydrogens is 444 g/mol. The maximum atomic E-state index is 11.7. The molecule has 2 aromatic rings. The van der Waals surface area contributed by atoms with Crippen molar-refractivity contribution in [1.82, 2.24) is 9.62 Å². The van der Waals surface area contributed by atoms with Gasteiger partial charge in [0.1, 0.15) is 5.75 Å². The highest BCUT2D eigenvalue weighted by Gasteiger charge is 2.13. The van der Waals surface area contributed by atoms with Crippen LogP contribution in [0.25, 0.3) is 0 Å². The zero-order valence-electron chi connectivity index (χ0n) is 17.7. The lowest BCUT2D eigenvalue weighted by Crippen LogP contribution is -2.37. The molecule has 9 heteroatoms. The number of nitrogens with one attached hydrogen (secondary N) is 1. The first kappa shape index (κ1) is 26.4. The van der Waals surface area contributed by atoms with Crippen molar-refractivity contribution >= 4 is 39.7 Å². The lowest BCUT2D eigenvalue weighted by molar-refractivity contribution is -0.119. The minimum Gasteiger partial charge on any atom is -0.494 e. The molecule has 1 N–H and O–H groups in total. The minimum atomic E-state index is -3.50. The van der Waals surface area contributed by atoms with E-state index in [4.69, 9.17) is 4.74 Å². The number of sulfonamides is 1. The van der Waals surface area contributed by atoms with Crippen molar-refractivity contribution in [2.45, 2.75) is 39.2 Å². The summed E-state index contributed by atoms with van der Waals surface area (Å²) in [6.45, 7) is 5.99. The number of hydrogen-bond acceptors (Lipinski definition) is 6. The van der Waals surface area contributed by atoms with E-state index < -0.39 is 15.9 Å². The number of carbonyl (C=O) groups is 1. The van der Waals surface area contributed by atoms with E-state index in [1.807, 2.05) is 16.9 Å². The van der Waals surface area contributed by atoms with Gasteiger partial charge in [-0.25, -0.2) is 8.42 Å². The van der Waals surface area contributed by atoms with Gasteiger partial charge in [-0.3, -0.25) is 9.52 Å². The van der Waals surface area contributed by atoms with Crippen LogP contribution < -0.4 is 9.46 Å². The number of thiophene rings is 1. The van der Waals surface area contributed by atoms with Gasteiger partial charge < -0.3 is 9.64 Å². The van der Waals surface area contributed by atoms with Crippen LogP contribution in [-0.4, -0.2) is 51.2 Å². The fourth-order valence-electron chi connectivity index (χ4n) is 2.91. The van der Waals surface area contributed by atoms with E-state index in [-0.39, 0.29) is 24.9 Å². The van der Waals surface area contributed by atoms with Crippen LogP contribution in [0.5, 0.6) is 5.75 Å². The predicted molar refractivity (Wildman–Crippen MR) is 125 cm³/mol. The smallest absolute Gasteiger partial charge is 0.234 e. The van der Waals surface area contributed by atoms with E-state index >= 15 is 0 Å². The summed E-state index contributed by atoms with van der Waals surface area (Å²) >= 11 is 1.76. The van der Waals surface area contributed by atoms with Crippen LogP contribution >= 0.6 is 23.7 Å². The van der Waals surface area contributed by atoms with Gasteiger partial charge in [-0.05, 0) is 49.4 Å². The molecule has 0 radical (unpaired) electrons. The van der Waals surface area contributed by atoms with Crippen molar-refractivity contribution < 1.29 is 17.9 Å². The molecule has 0 atom stereocenters. The van der Waals surface area contributed by atoms with Crippen molar-refractivity contribution in [2.24, 2.45) is 0 Å². The van der Waals surface area contributed by atoms with Gasteiger partial charge in [0.2, 0.25) is 15.9 Å². The van der Waals surface area contributed by atoms with Crippen LogP contribution in [0.1, 0.15) is 37.1 Å². The number of halogens is 1. The molecule has 2 rings (SSSR count). The monoisotopic (exact) mass is 474 g/mol. The lowest BCUT2D eigenvalue weighted by atomic mass is 10.1. The van der Waals surface area contributed by atoms with Crippen molar-refractivity contribution in [1.29, 1.82) is 0 Å². The summed E-state index contributed by atoms with van der Waals surface area (Å²) in [4.78, 5) is 15.2. The summed E-state index contributed by atoms with van der Waals surface area (Å²) in [5.41, 5.74) is 1.26. The molecule has 0 aliphatic rings. The van der Waals surface area contributed by atoms with Gasteiger partial charge >= 0.3 is 0 Å². The first-order valence-corrected chi connectivity index (χ1v) is 12.5. The Morgan fingerprint density at radius 1 is 1.17 bits per heavy atom. The van der Waals surface area contributed by atoms with Crippen molar-refractivity contribution in [3.8, 4) is 5.75 Å². The Morgan fingerprint density at radius 3 is 2.43 bits per heavy atom. The number of amides is 1. The second-order valence-corrected chi connectivity index (χ2v) is 10.1. The van der Waals surface area contributed by atoms with Crippen LogP contribution in [0.3, 0.4) is 0 Å². The van der Waals surface area contributed by atoms with Gasteiger partial charge in [-0.2, -0.15) is 0 Å². The summed E-state index contributed by atoms with van der Waals surface area (Å²) in [7, 11) is -3.50. The number of rotatable bonds is 12. The molecule has 0 bridgehead atoms. The summed E-state index contributed by atoms with van der Waals surface area (Å²) in [5, 5.41) is 2.09. The maximum Gasteiger partial charge on any atom is 0.234 e. The van der Waals surface area contributed by atoms with E-state index in [1.54, 1.807) is 11.3 Å². The fourth-order valence-corrected chi connectivity index (χ4v) is 4.16. The SMILES string of the molecule is CC(C)N(CCCOc1ccc(Cc2cccs2)cc1)CCC(=O)NS(C)(=O)=O.Cl. The third-order valence-corrected chi connectivity index (χ3v) is 5.87. The van der Waals surface area contributed by atoms with Gasteiger partial charge in [-0.15, -0.1) is 23.7 Å². The van der Waals surface area contributed by atoms with Crippen molar-refractivity contribution in [2.75, 3.05) is 26.0 Å². The van der Waals surface area contributed by atoms with Crippen LogP contribution in [-0.2, 0) is 21.2 Å². The van der Waals surface area contributed by atoms with Crippen LogP contribution in [0.2, 0.25) is 0 Å². The zero-order chi connectivity index (χ0) is 21.3. The van der Waals surface area contributed by atoms with E-state index in [9.17, 15) is 13.2 Å². The molecule has 0 fully saturated rings. The normalized spacial score (nSPS) is 11.4. The highest BCUT2D eigenvalue weighted by atomic mass is 35.5. The van der Waals surface area contributed by atoms with Gasteiger partial charge in [0, 0.05) is 36.9 Å². The summed E-state index contributed by atoms with van der Waals surface area (Å²) in [5.74, 6) is 0.376. The Hall–Kier alpha value is -1.61. The average molecular weight is 475 g/mol. The molecule has 0 saturated carbocycles. The first-order chi connectivity index (χ1) is 13.7. The number of carbonyl (C=O) groups excluding carboxylic acids is 1. The minimum absolute atomic E-state index is 0. The molecule has 0 saturated heterocycles. The highest BCUT2D eigenvalue weighted by molar-refractivity contribution is 7.89. The molecule has 0 aliphatic carbocycles. The summed E-state index contributed by atoms with van der Waals surface area (Å²) in [6.07, 6.45) is 2.89. The van der Waals surface area contributed by atoms with E-state index in [0.29, 0.717) is 13.2 Å². The molecule has 6 nitrogen and oxygen atoms in total. The molecule has 1 aromatic carbocycles. The van der Waals surface area contributed by atoms with Gasteiger partial charge in [-0.1, -0.05) is 18.2 Å². The third-order valence-electron chi connectivity index (χ3n) is 4.40. The first-order valence-electron chi connectivity index (χ1n) is 9.72. The van der Waals surface area contributed by atoms with Crippen LogP contribution in [0.15, 0.2) is 41.8 Å². The summed E-state index contributed by atoms with van der Waals surface area (Å²) < 4.78 is 30.0. The van der Waals surface area contributed by atoms with Gasteiger partial charge in [0.15, 0.2) is 0 Å². The molecule has 0 aliphatic heterocycles. The Kier molecular flexibility index (Phi) is 11.4. The van der Waals surface area contributed by atoms with Crippen molar-refractivity contribution in [3.63, 3.8) is 0 Å². The third kappa shape index (κ3) is 10.4. The van der Waals surface area contributed by atoms with Crippen LogP contribution in [0, 0.1) is 0 Å². The molecule has 0 unspecified atom stereocenters. The van der Waals surface area contributed by atoms with E-state index in [1.165, 1.54) is 10.4 Å². The van der Waals surface area contributed by atoms with E-state index in [0.717, 1.165) is 31.4 Å². The molecule has 1 amide bonds. The molecular formula is C21H31ClN2O4S2. The Balaban J connectivity index is 0.00000450. The van der Waals surface area contributed by atoms with E-state index in [2.05, 4.69) is 48.4 Å². The predicted octanol–water partition coefficient (Wildman–Crippen LogP) is 3.71. The lowest BCUT2D eigenvalue weighted by Gasteiger charge is -2.26. The topological polar surface area (TPSA) is 75.7 Å². The Morgan fingerprint density at radius 2 is 1.87 bits per heavy atom. The van der Waals surface area contributed by atoms with Gasteiger partial charge in [0.25, 0.3) is 0 Å². The molecule has 30 heavy (non-hydrogen) atoms. The largest absolute Gasteiger partial charge is 0.494 e. The van der Waals surface area contributed by atoms with Crippen LogP contribution in [0.4, 0.5) is 0 Å².